The third kappa shape index (κ3) is 5.67. The number of carboxylic acids is 1. The number of carbonyl (C=O) groups is 2. The summed E-state index contributed by atoms with van der Waals surface area (Å²) >= 11 is 1.47. The quantitative estimate of drug-likeness (QED) is 0.728. The van der Waals surface area contributed by atoms with Gasteiger partial charge in [-0.1, -0.05) is 13.8 Å². The van der Waals surface area contributed by atoms with Crippen molar-refractivity contribution < 1.29 is 19.4 Å². The van der Waals surface area contributed by atoms with E-state index in [4.69, 9.17) is 4.74 Å². The lowest BCUT2D eigenvalue weighted by molar-refractivity contribution is -0.144. The summed E-state index contributed by atoms with van der Waals surface area (Å²) in [5, 5.41) is 11.9. The minimum absolute atomic E-state index is 0.0584. The monoisotopic (exact) mass is 361 g/mol. The molecule has 0 aliphatic heterocycles. The predicted octanol–water partition coefficient (Wildman–Crippen LogP) is 4.07. The van der Waals surface area contributed by atoms with Crippen LogP contribution in [0.5, 0.6) is 5.75 Å². The first-order valence-corrected chi connectivity index (χ1v) is 9.10. The van der Waals surface area contributed by atoms with Gasteiger partial charge in [-0.15, -0.1) is 11.3 Å². The Morgan fingerprint density at radius 3 is 2.48 bits per heavy atom. The van der Waals surface area contributed by atoms with Gasteiger partial charge in [-0.25, -0.2) is 4.98 Å². The fourth-order valence-electron chi connectivity index (χ4n) is 2.64. The van der Waals surface area contributed by atoms with Crippen molar-refractivity contribution in [3.63, 3.8) is 0 Å². The summed E-state index contributed by atoms with van der Waals surface area (Å²) in [7, 11) is 1.62. The first-order valence-electron chi connectivity index (χ1n) is 8.22. The lowest BCUT2D eigenvalue weighted by Crippen LogP contribution is -2.20. The topological polar surface area (TPSA) is 76.5 Å². The van der Waals surface area contributed by atoms with Gasteiger partial charge in [0.2, 0.25) is 0 Å². The van der Waals surface area contributed by atoms with Crippen LogP contribution in [0.4, 0.5) is 0 Å². The van der Waals surface area contributed by atoms with Gasteiger partial charge >= 0.3 is 5.97 Å². The fraction of sp³-hybridized carbons (Fsp3) is 0.421. The highest BCUT2D eigenvalue weighted by molar-refractivity contribution is 7.13. The number of carboxylic acid groups (broad SMARTS) is 1. The van der Waals surface area contributed by atoms with E-state index in [9.17, 15) is 14.7 Å². The Morgan fingerprint density at radius 2 is 1.92 bits per heavy atom. The Labute approximate surface area is 151 Å². The Morgan fingerprint density at radius 1 is 1.24 bits per heavy atom. The van der Waals surface area contributed by atoms with Gasteiger partial charge in [0, 0.05) is 23.8 Å². The molecular weight excluding hydrogens is 338 g/mol. The van der Waals surface area contributed by atoms with Crippen LogP contribution in [0.3, 0.4) is 0 Å². The molecule has 0 amide bonds. The summed E-state index contributed by atoms with van der Waals surface area (Å²) in [6, 6.07) is 7.58. The first kappa shape index (κ1) is 19.1. The van der Waals surface area contributed by atoms with Crippen LogP contribution < -0.4 is 4.74 Å². The van der Waals surface area contributed by atoms with E-state index < -0.39 is 11.9 Å². The average Bonchev–Trinajstić information content (AvgIpc) is 3.02. The van der Waals surface area contributed by atoms with Crippen molar-refractivity contribution in [2.75, 3.05) is 7.11 Å². The maximum absolute atomic E-state index is 12.2. The Kier molecular flexibility index (Phi) is 6.70. The van der Waals surface area contributed by atoms with Crippen molar-refractivity contribution in [3.8, 4) is 16.3 Å². The van der Waals surface area contributed by atoms with Crippen molar-refractivity contribution in [2.45, 2.75) is 33.1 Å². The molecule has 25 heavy (non-hydrogen) atoms. The normalized spacial score (nSPS) is 12.2. The minimum atomic E-state index is -0.903. The molecule has 0 fully saturated rings. The van der Waals surface area contributed by atoms with Crippen molar-refractivity contribution in [2.24, 2.45) is 11.8 Å². The Balaban J connectivity index is 1.99. The Bertz CT molecular complexity index is 721. The first-order chi connectivity index (χ1) is 11.9. The van der Waals surface area contributed by atoms with Crippen molar-refractivity contribution >= 4 is 23.1 Å². The SMILES string of the molecule is COc1ccc(-c2nc(CC(=O)C[C@@H](CC(C)C)C(=O)O)cs2)cc1. The highest BCUT2D eigenvalue weighted by Gasteiger charge is 2.22. The number of ketones is 1. The molecule has 1 atom stereocenters. The maximum Gasteiger partial charge on any atom is 0.306 e. The van der Waals surface area contributed by atoms with E-state index in [1.165, 1.54) is 11.3 Å². The second-order valence-electron chi connectivity index (χ2n) is 6.46. The van der Waals surface area contributed by atoms with Gasteiger partial charge in [-0.2, -0.15) is 0 Å². The van der Waals surface area contributed by atoms with E-state index in [-0.39, 0.29) is 24.5 Å². The number of nitrogens with zero attached hydrogens (tertiary/aromatic N) is 1. The van der Waals surface area contributed by atoms with Crippen LogP contribution in [0.15, 0.2) is 29.6 Å². The molecule has 0 radical (unpaired) electrons. The molecular formula is C19H23NO4S. The second kappa shape index (κ2) is 8.76. The molecule has 1 N–H and O–H groups in total. The molecule has 6 heteroatoms. The molecule has 134 valence electrons. The molecule has 0 aliphatic carbocycles. The van der Waals surface area contributed by atoms with Gasteiger partial charge in [0.15, 0.2) is 0 Å². The third-order valence-corrected chi connectivity index (χ3v) is 4.79. The van der Waals surface area contributed by atoms with Crippen molar-refractivity contribution in [3.05, 3.63) is 35.3 Å². The zero-order chi connectivity index (χ0) is 18.4. The van der Waals surface area contributed by atoms with Crippen LogP contribution in [0.1, 0.15) is 32.4 Å². The van der Waals surface area contributed by atoms with Crippen LogP contribution >= 0.6 is 11.3 Å². The molecule has 0 spiro atoms. The number of carbonyl (C=O) groups excluding carboxylic acids is 1. The number of benzene rings is 1. The van der Waals surface area contributed by atoms with Gasteiger partial charge in [0.25, 0.3) is 0 Å². The molecule has 2 aromatic rings. The number of hydrogen-bond acceptors (Lipinski definition) is 5. The number of thiazole rings is 1. The molecule has 0 aliphatic rings. The number of aliphatic carboxylic acids is 1. The minimum Gasteiger partial charge on any atom is -0.497 e. The fourth-order valence-corrected chi connectivity index (χ4v) is 3.47. The average molecular weight is 361 g/mol. The lowest BCUT2D eigenvalue weighted by atomic mass is 9.91. The van der Waals surface area contributed by atoms with Gasteiger partial charge in [-0.05, 0) is 36.6 Å². The number of Topliss-reactive ketones (excluding diaryl/α,β-unsaturated/α-hetero) is 1. The molecule has 1 aromatic heterocycles. The van der Waals surface area contributed by atoms with Crippen molar-refractivity contribution in [1.29, 1.82) is 0 Å². The van der Waals surface area contributed by atoms with Crippen LogP contribution in [0.25, 0.3) is 10.6 Å². The van der Waals surface area contributed by atoms with Gasteiger partial charge in [0.05, 0.1) is 18.7 Å². The highest BCUT2D eigenvalue weighted by Crippen LogP contribution is 2.26. The van der Waals surface area contributed by atoms with Crippen molar-refractivity contribution in [1.82, 2.24) is 4.98 Å². The molecule has 0 saturated heterocycles. The lowest BCUT2D eigenvalue weighted by Gasteiger charge is -2.13. The third-order valence-electron chi connectivity index (χ3n) is 3.85. The molecule has 5 nitrogen and oxygen atoms in total. The van der Waals surface area contributed by atoms with Crippen LogP contribution in [-0.4, -0.2) is 29.0 Å². The van der Waals surface area contributed by atoms with E-state index in [1.807, 2.05) is 43.5 Å². The zero-order valence-corrected chi connectivity index (χ0v) is 15.5. The molecule has 0 bridgehead atoms. The maximum atomic E-state index is 12.2. The smallest absolute Gasteiger partial charge is 0.306 e. The largest absolute Gasteiger partial charge is 0.497 e. The number of rotatable bonds is 9. The number of ether oxygens (including phenoxy) is 1. The summed E-state index contributed by atoms with van der Waals surface area (Å²) < 4.78 is 5.14. The number of aromatic nitrogens is 1. The molecule has 1 heterocycles. The summed E-state index contributed by atoms with van der Waals surface area (Å²) in [4.78, 5) is 28.0. The number of hydrogen-bond donors (Lipinski definition) is 1. The van der Waals surface area contributed by atoms with E-state index in [0.29, 0.717) is 12.1 Å². The summed E-state index contributed by atoms with van der Waals surface area (Å²) in [6.45, 7) is 3.92. The van der Waals surface area contributed by atoms with E-state index in [0.717, 1.165) is 16.3 Å². The molecule has 1 aromatic carbocycles. The standard InChI is InChI=1S/C19H23NO4S/c1-12(2)8-14(19(22)23)9-16(21)10-15-11-25-18(20-15)13-4-6-17(24-3)7-5-13/h4-7,11-12,14H,8-10H2,1-3H3,(H,22,23)/t14-/m1/s1. The summed E-state index contributed by atoms with van der Waals surface area (Å²) in [5.41, 5.74) is 1.65. The summed E-state index contributed by atoms with van der Waals surface area (Å²) in [5.74, 6) is -0.582. The Hall–Kier alpha value is -2.21. The second-order valence-corrected chi connectivity index (χ2v) is 7.31. The zero-order valence-electron chi connectivity index (χ0n) is 14.7. The predicted molar refractivity (Wildman–Crippen MR) is 98.0 cm³/mol. The van der Waals surface area contributed by atoms with Crippen LogP contribution in [0, 0.1) is 11.8 Å². The van der Waals surface area contributed by atoms with Gasteiger partial charge in [0.1, 0.15) is 16.5 Å². The van der Waals surface area contributed by atoms with Crippen LogP contribution in [-0.2, 0) is 16.0 Å². The number of methoxy groups -OCH3 is 1. The van der Waals surface area contributed by atoms with Crippen LogP contribution in [0.2, 0.25) is 0 Å². The van der Waals surface area contributed by atoms with E-state index >= 15 is 0 Å². The molecule has 2 rings (SSSR count). The van der Waals surface area contributed by atoms with Gasteiger partial charge < -0.3 is 9.84 Å². The van der Waals surface area contributed by atoms with E-state index in [1.54, 1.807) is 7.11 Å². The highest BCUT2D eigenvalue weighted by atomic mass is 32.1. The van der Waals surface area contributed by atoms with E-state index in [2.05, 4.69) is 4.98 Å². The summed E-state index contributed by atoms with van der Waals surface area (Å²) in [6.07, 6.45) is 0.743. The molecule has 0 unspecified atom stereocenters. The van der Waals surface area contributed by atoms with Gasteiger partial charge in [-0.3, -0.25) is 9.59 Å². The molecule has 0 saturated carbocycles.